The third-order valence-corrected chi connectivity index (χ3v) is 7.07. The van der Waals surface area contributed by atoms with Crippen molar-refractivity contribution in [3.63, 3.8) is 0 Å². The Hall–Kier alpha value is -1.35. The molecule has 0 N–H and O–H groups in total. The Bertz CT molecular complexity index is 861. The van der Waals surface area contributed by atoms with Crippen molar-refractivity contribution >= 4 is 33.4 Å². The first kappa shape index (κ1) is 20.0. The van der Waals surface area contributed by atoms with Crippen molar-refractivity contribution in [1.82, 2.24) is 19.1 Å². The highest BCUT2D eigenvalue weighted by Crippen LogP contribution is 2.26. The number of rotatable bonds is 8. The van der Waals surface area contributed by atoms with Gasteiger partial charge >= 0.3 is 0 Å². The Morgan fingerprint density at radius 1 is 1.32 bits per heavy atom. The fourth-order valence-corrected chi connectivity index (χ4v) is 4.68. The first-order chi connectivity index (χ1) is 11.8. The van der Waals surface area contributed by atoms with Gasteiger partial charge in [0.15, 0.2) is 11.0 Å². The number of thioether (sulfide) groups is 1. The van der Waals surface area contributed by atoms with Crippen LogP contribution < -0.4 is 0 Å². The van der Waals surface area contributed by atoms with Crippen molar-refractivity contribution in [2.24, 2.45) is 7.05 Å². The molecule has 0 fully saturated rings. The van der Waals surface area contributed by atoms with Gasteiger partial charge in [-0.3, -0.25) is 0 Å². The number of sulfonamides is 1. The van der Waals surface area contributed by atoms with Gasteiger partial charge in [0.1, 0.15) is 0 Å². The largest absolute Gasteiger partial charge is 0.305 e. The topological polar surface area (TPSA) is 68.1 Å². The van der Waals surface area contributed by atoms with E-state index in [1.165, 1.54) is 16.1 Å². The normalized spacial score (nSPS) is 11.9. The van der Waals surface area contributed by atoms with Crippen LogP contribution in [0.5, 0.6) is 0 Å². The standard InChI is InChI=1S/C16H21ClN4O2S2/c1-5-21(6-2)25(22,23)14-9-7-8-13(10-14)15-18-19-16(20(15)4)24-11-12(3)17/h7-10H,3,5-6,11H2,1-2,4H3. The minimum atomic E-state index is -3.52. The van der Waals surface area contributed by atoms with E-state index in [4.69, 9.17) is 11.6 Å². The highest BCUT2D eigenvalue weighted by molar-refractivity contribution is 7.99. The molecule has 1 aromatic heterocycles. The molecule has 6 nitrogen and oxygen atoms in total. The van der Waals surface area contributed by atoms with E-state index in [0.29, 0.717) is 40.4 Å². The Balaban J connectivity index is 2.38. The molecule has 0 saturated heterocycles. The lowest BCUT2D eigenvalue weighted by molar-refractivity contribution is 0.445. The van der Waals surface area contributed by atoms with Crippen LogP contribution in [0.1, 0.15) is 13.8 Å². The molecule has 0 spiro atoms. The monoisotopic (exact) mass is 400 g/mol. The fourth-order valence-electron chi connectivity index (χ4n) is 2.34. The van der Waals surface area contributed by atoms with Crippen LogP contribution in [0.25, 0.3) is 11.4 Å². The maximum atomic E-state index is 12.7. The molecule has 0 aliphatic carbocycles. The van der Waals surface area contributed by atoms with Gasteiger partial charge in [-0.05, 0) is 12.1 Å². The lowest BCUT2D eigenvalue weighted by Crippen LogP contribution is -2.30. The SMILES string of the molecule is C=C(Cl)CSc1nnc(-c2cccc(S(=O)(=O)N(CC)CC)c2)n1C. The van der Waals surface area contributed by atoms with Gasteiger partial charge in [0, 0.05) is 36.5 Å². The van der Waals surface area contributed by atoms with E-state index in [1.807, 2.05) is 31.5 Å². The van der Waals surface area contributed by atoms with Crippen molar-refractivity contribution in [3.8, 4) is 11.4 Å². The molecular weight excluding hydrogens is 380 g/mol. The zero-order valence-corrected chi connectivity index (χ0v) is 16.8. The second-order valence-corrected chi connectivity index (χ2v) is 8.70. The van der Waals surface area contributed by atoms with E-state index in [0.717, 1.165) is 0 Å². The van der Waals surface area contributed by atoms with E-state index < -0.39 is 10.0 Å². The van der Waals surface area contributed by atoms with Crippen LogP contribution in [0, 0.1) is 0 Å². The summed E-state index contributed by atoms with van der Waals surface area (Å²) in [5, 5.41) is 9.54. The quantitative estimate of drug-likeness (QED) is 0.635. The fraction of sp³-hybridized carbons (Fsp3) is 0.375. The highest BCUT2D eigenvalue weighted by atomic mass is 35.5. The maximum Gasteiger partial charge on any atom is 0.243 e. The van der Waals surface area contributed by atoms with Crippen LogP contribution >= 0.6 is 23.4 Å². The molecule has 0 amide bonds. The zero-order valence-electron chi connectivity index (χ0n) is 14.4. The van der Waals surface area contributed by atoms with E-state index in [2.05, 4.69) is 16.8 Å². The number of benzene rings is 1. The van der Waals surface area contributed by atoms with Crippen molar-refractivity contribution in [2.75, 3.05) is 18.8 Å². The predicted molar refractivity (Wildman–Crippen MR) is 102 cm³/mol. The van der Waals surface area contributed by atoms with Gasteiger partial charge in [0.05, 0.1) is 4.90 Å². The number of nitrogens with zero attached hydrogens (tertiary/aromatic N) is 4. The number of aromatic nitrogens is 3. The summed E-state index contributed by atoms with van der Waals surface area (Å²) in [6.45, 7) is 8.15. The first-order valence-corrected chi connectivity index (χ1v) is 10.6. The molecule has 2 rings (SSSR count). The molecule has 136 valence electrons. The van der Waals surface area contributed by atoms with Crippen LogP contribution in [0.2, 0.25) is 0 Å². The summed E-state index contributed by atoms with van der Waals surface area (Å²) in [6, 6.07) is 6.77. The number of hydrogen-bond acceptors (Lipinski definition) is 5. The molecule has 0 radical (unpaired) electrons. The van der Waals surface area contributed by atoms with E-state index in [1.54, 1.807) is 18.2 Å². The molecular formula is C16H21ClN4O2S2. The summed E-state index contributed by atoms with van der Waals surface area (Å²) in [6.07, 6.45) is 0. The summed E-state index contributed by atoms with van der Waals surface area (Å²) < 4.78 is 28.6. The van der Waals surface area contributed by atoms with Crippen molar-refractivity contribution < 1.29 is 8.42 Å². The first-order valence-electron chi connectivity index (χ1n) is 7.77. The lowest BCUT2D eigenvalue weighted by Gasteiger charge is -2.18. The Kier molecular flexibility index (Phi) is 6.67. The van der Waals surface area contributed by atoms with E-state index in [-0.39, 0.29) is 4.90 Å². The molecule has 1 aromatic carbocycles. The molecule has 9 heteroatoms. The minimum absolute atomic E-state index is 0.250. The van der Waals surface area contributed by atoms with Crippen molar-refractivity contribution in [1.29, 1.82) is 0 Å². The molecule has 0 saturated carbocycles. The third kappa shape index (κ3) is 4.44. The van der Waals surface area contributed by atoms with E-state index in [9.17, 15) is 8.42 Å². The molecule has 0 bridgehead atoms. The lowest BCUT2D eigenvalue weighted by atomic mass is 10.2. The molecule has 1 heterocycles. The number of hydrogen-bond donors (Lipinski definition) is 0. The van der Waals surface area contributed by atoms with Crippen LogP contribution in [-0.4, -0.2) is 46.3 Å². The average molecular weight is 401 g/mol. The van der Waals surface area contributed by atoms with Crippen molar-refractivity contribution in [3.05, 3.63) is 35.9 Å². The van der Waals surface area contributed by atoms with Gasteiger partial charge in [-0.25, -0.2) is 8.42 Å². The maximum absolute atomic E-state index is 12.7. The van der Waals surface area contributed by atoms with Crippen LogP contribution in [-0.2, 0) is 17.1 Å². The summed E-state index contributed by atoms with van der Waals surface area (Å²) in [7, 11) is -1.68. The van der Waals surface area contributed by atoms with Crippen LogP contribution in [0.15, 0.2) is 45.9 Å². The van der Waals surface area contributed by atoms with Gasteiger partial charge in [-0.2, -0.15) is 4.31 Å². The van der Waals surface area contributed by atoms with Gasteiger partial charge in [-0.1, -0.05) is 55.9 Å². The smallest absolute Gasteiger partial charge is 0.243 e. The summed E-state index contributed by atoms with van der Waals surface area (Å²) in [4.78, 5) is 0.250. The van der Waals surface area contributed by atoms with Gasteiger partial charge < -0.3 is 4.57 Å². The van der Waals surface area contributed by atoms with Crippen LogP contribution in [0.4, 0.5) is 0 Å². The summed E-state index contributed by atoms with van der Waals surface area (Å²) >= 11 is 7.21. The zero-order chi connectivity index (χ0) is 18.6. The Labute approximate surface area is 157 Å². The van der Waals surface area contributed by atoms with E-state index >= 15 is 0 Å². The average Bonchev–Trinajstić information content (AvgIpc) is 2.94. The minimum Gasteiger partial charge on any atom is -0.305 e. The molecule has 0 unspecified atom stereocenters. The number of halogens is 1. The van der Waals surface area contributed by atoms with Gasteiger partial charge in [0.25, 0.3) is 0 Å². The third-order valence-electron chi connectivity index (χ3n) is 3.63. The van der Waals surface area contributed by atoms with Gasteiger partial charge in [-0.15, -0.1) is 10.2 Å². The molecule has 2 aromatic rings. The van der Waals surface area contributed by atoms with Gasteiger partial charge in [0.2, 0.25) is 10.0 Å². The highest BCUT2D eigenvalue weighted by Gasteiger charge is 2.22. The Morgan fingerprint density at radius 2 is 2.00 bits per heavy atom. The second-order valence-electron chi connectivity index (χ2n) is 5.29. The summed E-state index contributed by atoms with van der Waals surface area (Å²) in [5.41, 5.74) is 0.694. The Morgan fingerprint density at radius 3 is 2.60 bits per heavy atom. The molecule has 0 atom stereocenters. The molecule has 0 aliphatic rings. The van der Waals surface area contributed by atoms with Crippen molar-refractivity contribution in [2.45, 2.75) is 23.9 Å². The van der Waals surface area contributed by atoms with Crippen LogP contribution in [0.3, 0.4) is 0 Å². The summed E-state index contributed by atoms with van der Waals surface area (Å²) in [5.74, 6) is 1.13. The molecule has 0 aliphatic heterocycles. The second kappa shape index (κ2) is 8.35. The predicted octanol–water partition coefficient (Wildman–Crippen LogP) is 3.36. The molecule has 25 heavy (non-hydrogen) atoms.